The molecular formula is C102H90B2IrN3O4. The molecule has 552 valence electrons. The largest absolute Gasteiger partial charge is 3.00 e. The van der Waals surface area contributed by atoms with E-state index < -0.39 is 36.6 Å². The minimum Gasteiger partial charge on any atom is -0.399 e. The number of benzene rings is 11. The molecule has 2 fully saturated rings. The molecule has 0 N–H and O–H groups in total. The molecule has 0 radical (unpaired) electrons. The van der Waals surface area contributed by atoms with E-state index in [1.807, 2.05) is 30.7 Å². The number of fused-ring (bicyclic) bond motifs is 1. The van der Waals surface area contributed by atoms with Crippen LogP contribution in [0.25, 0.3) is 145 Å². The first-order chi connectivity index (χ1) is 53.2. The van der Waals surface area contributed by atoms with Gasteiger partial charge in [-0.2, -0.15) is 0 Å². The molecule has 2 saturated heterocycles. The molecule has 3 aliphatic rings. The van der Waals surface area contributed by atoms with E-state index in [-0.39, 0.29) is 36.4 Å². The van der Waals surface area contributed by atoms with Gasteiger partial charge in [0, 0.05) is 18.6 Å². The summed E-state index contributed by atoms with van der Waals surface area (Å²) >= 11 is 0. The monoisotopic (exact) mass is 1640 g/mol. The average molecular weight is 1640 g/mol. The standard InChI is InChI=1S/C102H90B2N3O4.Ir/c1-96(2)91-51-47-76(62-92(91)97(3,4)98(96,5)6)95-54-50-79(65-107-95)87-35-17-20-38-90(87)82-58-80(88-36-18-15-33-85(88)77-48-52-93(105-63-77)74-29-21-25-70(55-74)66-39-43-68(44-40-66)72-27-23-31-83(60-72)103-108-99(7,8)100(9,10)109-103)57-81(59-82)89-37-19-16-34-86(89)78-49-53-94(106-64-78)75-30-22-26-71(56-75)67-41-45-69(46-42-67)73-28-24-32-84(61-73)104-110-101(11,12)102(13,14)111-104;/h15-28,31-46,48-65H,1-14H3;/q-3;+3. The molecule has 3 aromatic heterocycles. The van der Waals surface area contributed by atoms with Gasteiger partial charge < -0.3 is 33.6 Å². The first-order valence-corrected chi connectivity index (χ1v) is 38.8. The molecule has 0 unspecified atom stereocenters. The van der Waals surface area contributed by atoms with Gasteiger partial charge in [-0.3, -0.25) is 0 Å². The van der Waals surface area contributed by atoms with Crippen LogP contribution in [0.2, 0.25) is 0 Å². The number of hydrogen-bond donors (Lipinski definition) is 0. The Morgan fingerprint density at radius 3 is 0.875 bits per heavy atom. The minimum absolute atomic E-state index is 0. The normalized spacial score (nSPS) is 16.6. The fraction of sp³-hybridized carbons (Fsp3) is 0.206. The van der Waals surface area contributed by atoms with Crippen LogP contribution in [0.15, 0.2) is 292 Å². The van der Waals surface area contributed by atoms with Crippen molar-refractivity contribution in [3.05, 3.63) is 321 Å². The third-order valence-corrected chi connectivity index (χ3v) is 25.7. The Balaban J connectivity index is 0.00000949. The smallest absolute Gasteiger partial charge is 0.399 e. The van der Waals surface area contributed by atoms with Crippen molar-refractivity contribution in [2.24, 2.45) is 5.41 Å². The third-order valence-electron chi connectivity index (χ3n) is 25.7. The van der Waals surface area contributed by atoms with Gasteiger partial charge in [-0.25, -0.2) is 0 Å². The van der Waals surface area contributed by atoms with Gasteiger partial charge in [-0.15, -0.1) is 106 Å². The summed E-state index contributed by atoms with van der Waals surface area (Å²) < 4.78 is 25.7. The van der Waals surface area contributed by atoms with Crippen LogP contribution in [-0.4, -0.2) is 51.6 Å². The van der Waals surface area contributed by atoms with E-state index in [1.165, 1.54) is 11.1 Å². The number of nitrogens with zero attached hydrogens (tertiary/aromatic N) is 3. The molecule has 0 atom stereocenters. The summed E-state index contributed by atoms with van der Waals surface area (Å²) in [5.74, 6) is 0. The predicted molar refractivity (Wildman–Crippen MR) is 458 cm³/mol. The van der Waals surface area contributed by atoms with Crippen molar-refractivity contribution in [1.82, 2.24) is 15.0 Å². The number of pyridine rings is 3. The first kappa shape index (κ1) is 75.5. The van der Waals surface area contributed by atoms with Crippen molar-refractivity contribution >= 4 is 25.2 Å². The summed E-state index contributed by atoms with van der Waals surface area (Å²) in [6.45, 7) is 31.0. The molecule has 2 aliphatic heterocycles. The molecule has 14 aromatic rings. The third kappa shape index (κ3) is 13.7. The maximum absolute atomic E-state index is 6.41. The van der Waals surface area contributed by atoms with Gasteiger partial charge in [-0.1, -0.05) is 248 Å². The molecule has 5 heterocycles. The second-order valence-corrected chi connectivity index (χ2v) is 33.8. The zero-order valence-electron chi connectivity index (χ0n) is 66.2. The molecule has 0 bridgehead atoms. The van der Waals surface area contributed by atoms with Crippen molar-refractivity contribution in [1.29, 1.82) is 0 Å². The van der Waals surface area contributed by atoms with Gasteiger partial charge in [0.2, 0.25) is 0 Å². The maximum atomic E-state index is 6.41. The van der Waals surface area contributed by atoms with E-state index >= 15 is 0 Å². The average Bonchev–Trinajstić information content (AvgIpc) is 1.54. The van der Waals surface area contributed by atoms with Crippen molar-refractivity contribution < 1.29 is 38.7 Å². The van der Waals surface area contributed by atoms with E-state index in [0.29, 0.717) is 0 Å². The van der Waals surface area contributed by atoms with Gasteiger partial charge in [0.15, 0.2) is 0 Å². The predicted octanol–water partition coefficient (Wildman–Crippen LogP) is 24.1. The van der Waals surface area contributed by atoms with Gasteiger partial charge in [0.1, 0.15) is 0 Å². The van der Waals surface area contributed by atoms with Gasteiger partial charge in [0.05, 0.1) is 22.4 Å². The van der Waals surface area contributed by atoms with Gasteiger partial charge in [-0.05, 0) is 218 Å². The molecule has 7 nitrogen and oxygen atoms in total. The number of rotatable bonds is 15. The Morgan fingerprint density at radius 2 is 0.554 bits per heavy atom. The second-order valence-electron chi connectivity index (χ2n) is 33.8. The van der Waals surface area contributed by atoms with E-state index in [1.54, 1.807) is 0 Å². The molecule has 0 spiro atoms. The first-order valence-electron chi connectivity index (χ1n) is 38.8. The summed E-state index contributed by atoms with van der Waals surface area (Å²) in [7, 11) is -0.858. The summed E-state index contributed by atoms with van der Waals surface area (Å²) in [5, 5.41) is 0. The van der Waals surface area contributed by atoms with E-state index in [0.717, 1.165) is 156 Å². The SMILES string of the molecule is CC1(C)OB(c2cccc(-c3ccc(-c4cc[c-]c(-c5ccc(-c6ccccc6-c6cc(-c7ccccc7-c7ccc(-c8[c-]ccc(-c9ccc(-c%10cccc(B%11OC(C)(C)C(C)(C)O%11)c%10)cc9)c8)nc7)cc(-c7ccccc7-c7ccc(-c8[c-]cc9c(c8)C(C)(C)C(C)(C)C9(C)C)nc7)c6)cn5)c4)cc3)c2)OC1(C)C.[Ir+3]. The topological polar surface area (TPSA) is 75.6 Å². The van der Waals surface area contributed by atoms with Crippen LogP contribution in [0.1, 0.15) is 108 Å². The van der Waals surface area contributed by atoms with Gasteiger partial charge in [0.25, 0.3) is 0 Å². The van der Waals surface area contributed by atoms with Crippen LogP contribution >= 0.6 is 0 Å². The van der Waals surface area contributed by atoms with Crippen LogP contribution in [0.3, 0.4) is 0 Å². The Bertz CT molecular complexity index is 5580. The number of hydrogen-bond acceptors (Lipinski definition) is 7. The molecule has 17 rings (SSSR count). The Hall–Kier alpha value is -10.5. The van der Waals surface area contributed by atoms with Crippen LogP contribution < -0.4 is 10.9 Å². The Labute approximate surface area is 675 Å². The quantitative estimate of drug-likeness (QED) is 0.0748. The van der Waals surface area contributed by atoms with E-state index in [4.69, 9.17) is 33.6 Å². The summed E-state index contributed by atoms with van der Waals surface area (Å²) in [5.41, 5.74) is 30.0. The van der Waals surface area contributed by atoms with Crippen LogP contribution in [0.5, 0.6) is 0 Å². The van der Waals surface area contributed by atoms with E-state index in [9.17, 15) is 0 Å². The molecule has 10 heteroatoms. The zero-order chi connectivity index (χ0) is 77.0. The Kier molecular flexibility index (Phi) is 19.5. The molecule has 112 heavy (non-hydrogen) atoms. The molecular weight excluding hydrogens is 1540 g/mol. The fourth-order valence-corrected chi connectivity index (χ4v) is 16.3. The van der Waals surface area contributed by atoms with Crippen LogP contribution in [0, 0.1) is 23.6 Å². The van der Waals surface area contributed by atoms with Crippen LogP contribution in [-0.2, 0) is 49.6 Å². The van der Waals surface area contributed by atoms with Crippen molar-refractivity contribution in [3.8, 4) is 145 Å². The Morgan fingerprint density at radius 1 is 0.259 bits per heavy atom. The maximum Gasteiger partial charge on any atom is 3.00 e. The second kappa shape index (κ2) is 28.9. The summed E-state index contributed by atoms with van der Waals surface area (Å²) in [6, 6.07) is 108. The molecule has 0 amide bonds. The summed E-state index contributed by atoms with van der Waals surface area (Å²) in [4.78, 5) is 15.6. The zero-order valence-corrected chi connectivity index (χ0v) is 68.6. The molecule has 1 aliphatic carbocycles. The number of aromatic nitrogens is 3. The fourth-order valence-electron chi connectivity index (χ4n) is 16.3. The summed E-state index contributed by atoms with van der Waals surface area (Å²) in [6.07, 6.45) is 6.04. The minimum atomic E-state index is -0.429. The van der Waals surface area contributed by atoms with Crippen molar-refractivity contribution in [2.45, 2.75) is 130 Å². The molecule has 11 aromatic carbocycles. The molecule has 0 saturated carbocycles. The van der Waals surface area contributed by atoms with Crippen molar-refractivity contribution in [3.63, 3.8) is 0 Å². The van der Waals surface area contributed by atoms with Crippen molar-refractivity contribution in [2.75, 3.05) is 0 Å². The van der Waals surface area contributed by atoms with Gasteiger partial charge >= 0.3 is 34.3 Å². The van der Waals surface area contributed by atoms with E-state index in [2.05, 4.69) is 376 Å². The van der Waals surface area contributed by atoms with Crippen LogP contribution in [0.4, 0.5) is 0 Å².